The zero-order chi connectivity index (χ0) is 18.1. The smallest absolute Gasteiger partial charge is 0.307 e. The predicted octanol–water partition coefficient (Wildman–Crippen LogP) is 2.24. The monoisotopic (exact) mass is 364 g/mol. The lowest BCUT2D eigenvalue weighted by atomic mass is 10.2. The number of nitrogens with zero attached hydrogens (tertiary/aromatic N) is 3. The quantitative estimate of drug-likeness (QED) is 0.717. The molecule has 1 aromatic carbocycles. The van der Waals surface area contributed by atoms with E-state index in [0.29, 0.717) is 27.2 Å². The molecule has 130 valence electrons. The molecule has 0 atom stereocenters. The van der Waals surface area contributed by atoms with Gasteiger partial charge in [0.05, 0.1) is 16.5 Å². The molecule has 0 fully saturated rings. The molecule has 2 heterocycles. The van der Waals surface area contributed by atoms with Crippen LogP contribution in [0.4, 0.5) is 0 Å². The van der Waals surface area contributed by atoms with Gasteiger partial charge in [-0.1, -0.05) is 12.1 Å². The predicted molar refractivity (Wildman–Crippen MR) is 101 cm³/mol. The maximum atomic E-state index is 12.5. The number of H-pyrrole nitrogens is 1. The summed E-state index contributed by atoms with van der Waals surface area (Å²) in [6.45, 7) is 0.257. The lowest BCUT2D eigenvalue weighted by Crippen LogP contribution is -2.35. The van der Waals surface area contributed by atoms with Crippen molar-refractivity contribution in [1.29, 1.82) is 5.26 Å². The largest absolute Gasteiger partial charge is 0.328 e. The van der Waals surface area contributed by atoms with E-state index in [9.17, 15) is 14.9 Å². The molecule has 1 N–H and O–H groups in total. The van der Waals surface area contributed by atoms with Crippen molar-refractivity contribution in [2.75, 3.05) is 5.75 Å². The van der Waals surface area contributed by atoms with Crippen LogP contribution in [0.25, 0.3) is 10.9 Å². The molecule has 0 unspecified atom stereocenters. The lowest BCUT2D eigenvalue weighted by molar-refractivity contribution is 0.690. The molecule has 2 aromatic heterocycles. The molecular weight excluding hydrogens is 348 g/mol. The minimum atomic E-state index is -0.420. The number of pyridine rings is 1. The van der Waals surface area contributed by atoms with Crippen molar-refractivity contribution in [3.05, 3.63) is 68.0 Å². The average molecular weight is 364 g/mol. The number of thioether (sulfide) groups is 1. The van der Waals surface area contributed by atoms with E-state index in [1.165, 1.54) is 16.3 Å². The van der Waals surface area contributed by atoms with Gasteiger partial charge in [0.15, 0.2) is 0 Å². The van der Waals surface area contributed by atoms with Crippen LogP contribution in [0, 0.1) is 11.3 Å². The summed E-state index contributed by atoms with van der Waals surface area (Å²) in [6, 6.07) is 11.1. The SMILES string of the molecule is N#Cc1cc2c(nc1SCCn1c(=O)[nH]c3ccccc3c1=O)CCC2. The van der Waals surface area contributed by atoms with Gasteiger partial charge in [0.2, 0.25) is 0 Å². The van der Waals surface area contributed by atoms with Crippen LogP contribution in [0.5, 0.6) is 0 Å². The zero-order valence-electron chi connectivity index (χ0n) is 14.0. The summed E-state index contributed by atoms with van der Waals surface area (Å²) in [5.74, 6) is 0.488. The summed E-state index contributed by atoms with van der Waals surface area (Å²) in [5.41, 5.74) is 2.61. The van der Waals surface area contributed by atoms with E-state index in [-0.39, 0.29) is 12.1 Å². The molecule has 1 aliphatic rings. The van der Waals surface area contributed by atoms with E-state index in [4.69, 9.17) is 0 Å². The molecule has 0 radical (unpaired) electrons. The Morgan fingerprint density at radius 3 is 2.96 bits per heavy atom. The van der Waals surface area contributed by atoms with Crippen molar-refractivity contribution in [2.24, 2.45) is 0 Å². The number of nitrogens with one attached hydrogen (secondary N) is 1. The Kier molecular flexibility index (Phi) is 4.35. The third kappa shape index (κ3) is 2.93. The second-order valence-corrected chi connectivity index (χ2v) is 7.28. The molecular formula is C19H16N4O2S. The van der Waals surface area contributed by atoms with Crippen molar-refractivity contribution in [3.63, 3.8) is 0 Å². The van der Waals surface area contributed by atoms with Crippen LogP contribution in [-0.4, -0.2) is 20.3 Å². The van der Waals surface area contributed by atoms with Crippen molar-refractivity contribution in [1.82, 2.24) is 14.5 Å². The molecule has 0 aliphatic heterocycles. The molecule has 4 rings (SSSR count). The van der Waals surface area contributed by atoms with Crippen LogP contribution in [0.1, 0.15) is 23.2 Å². The third-order valence-electron chi connectivity index (χ3n) is 4.58. The number of aromatic amines is 1. The molecule has 0 saturated carbocycles. The van der Waals surface area contributed by atoms with Gasteiger partial charge in [-0.2, -0.15) is 5.26 Å². The van der Waals surface area contributed by atoms with Crippen LogP contribution < -0.4 is 11.2 Å². The number of nitriles is 1. The van der Waals surface area contributed by atoms with Gasteiger partial charge in [0.1, 0.15) is 11.1 Å². The van der Waals surface area contributed by atoms with E-state index < -0.39 is 5.69 Å². The van der Waals surface area contributed by atoms with Gasteiger partial charge in [0, 0.05) is 18.0 Å². The molecule has 3 aromatic rings. The van der Waals surface area contributed by atoms with Gasteiger partial charge >= 0.3 is 5.69 Å². The van der Waals surface area contributed by atoms with Gasteiger partial charge in [-0.25, -0.2) is 9.78 Å². The second-order valence-electron chi connectivity index (χ2n) is 6.19. The minimum Gasteiger partial charge on any atom is -0.307 e. The number of aromatic nitrogens is 3. The molecule has 7 heteroatoms. The summed E-state index contributed by atoms with van der Waals surface area (Å²) >= 11 is 1.41. The molecule has 0 amide bonds. The van der Waals surface area contributed by atoms with Gasteiger partial charge in [0.25, 0.3) is 5.56 Å². The van der Waals surface area contributed by atoms with Crippen LogP contribution in [0.3, 0.4) is 0 Å². The lowest BCUT2D eigenvalue weighted by Gasteiger charge is -2.08. The Morgan fingerprint density at radius 2 is 2.12 bits per heavy atom. The fraction of sp³-hybridized carbons (Fsp3) is 0.263. The van der Waals surface area contributed by atoms with Crippen LogP contribution in [0.2, 0.25) is 0 Å². The summed E-state index contributed by atoms with van der Waals surface area (Å²) in [7, 11) is 0. The van der Waals surface area contributed by atoms with Gasteiger partial charge in [-0.15, -0.1) is 11.8 Å². The highest BCUT2D eigenvalue weighted by Gasteiger charge is 2.17. The second kappa shape index (κ2) is 6.81. The summed E-state index contributed by atoms with van der Waals surface area (Å²) in [5, 5.41) is 10.5. The Bertz CT molecular complexity index is 1160. The fourth-order valence-corrected chi connectivity index (χ4v) is 4.18. The topological polar surface area (TPSA) is 91.5 Å². The molecule has 0 spiro atoms. The van der Waals surface area contributed by atoms with Crippen molar-refractivity contribution in [2.45, 2.75) is 30.8 Å². The number of hydrogen-bond donors (Lipinski definition) is 1. The van der Waals surface area contributed by atoms with Gasteiger partial charge < -0.3 is 4.98 Å². The summed E-state index contributed by atoms with van der Waals surface area (Å²) in [6.07, 6.45) is 2.99. The number of aryl methyl sites for hydroxylation is 2. The average Bonchev–Trinajstić information content (AvgIpc) is 3.11. The first-order chi connectivity index (χ1) is 12.7. The number of hydrogen-bond acceptors (Lipinski definition) is 5. The number of fused-ring (bicyclic) bond motifs is 2. The molecule has 0 saturated heterocycles. The highest BCUT2D eigenvalue weighted by Crippen LogP contribution is 2.27. The van der Waals surface area contributed by atoms with E-state index in [1.807, 2.05) is 6.07 Å². The number of rotatable bonds is 4. The molecule has 1 aliphatic carbocycles. The maximum absolute atomic E-state index is 12.5. The first-order valence-corrected chi connectivity index (χ1v) is 9.43. The summed E-state index contributed by atoms with van der Waals surface area (Å²) < 4.78 is 1.20. The Hall–Kier alpha value is -2.85. The van der Waals surface area contributed by atoms with Crippen LogP contribution >= 0.6 is 11.8 Å². The van der Waals surface area contributed by atoms with Crippen molar-refractivity contribution >= 4 is 22.7 Å². The first-order valence-electron chi connectivity index (χ1n) is 8.45. The van der Waals surface area contributed by atoms with E-state index >= 15 is 0 Å². The fourth-order valence-electron chi connectivity index (χ4n) is 3.28. The maximum Gasteiger partial charge on any atom is 0.328 e. The number of benzene rings is 1. The molecule has 26 heavy (non-hydrogen) atoms. The normalized spacial score (nSPS) is 12.9. The molecule has 0 bridgehead atoms. The van der Waals surface area contributed by atoms with E-state index in [1.54, 1.807) is 24.3 Å². The van der Waals surface area contributed by atoms with E-state index in [2.05, 4.69) is 16.0 Å². The van der Waals surface area contributed by atoms with Crippen molar-refractivity contribution < 1.29 is 0 Å². The van der Waals surface area contributed by atoms with Crippen LogP contribution in [0.15, 0.2) is 44.9 Å². The Morgan fingerprint density at radius 1 is 1.27 bits per heavy atom. The van der Waals surface area contributed by atoms with E-state index in [0.717, 1.165) is 30.5 Å². The van der Waals surface area contributed by atoms with Gasteiger partial charge in [-0.05, 0) is 43.0 Å². The highest BCUT2D eigenvalue weighted by molar-refractivity contribution is 7.99. The third-order valence-corrected chi connectivity index (χ3v) is 5.55. The summed E-state index contributed by atoms with van der Waals surface area (Å²) in [4.78, 5) is 32.1. The Labute approximate surface area is 153 Å². The zero-order valence-corrected chi connectivity index (χ0v) is 14.8. The minimum absolute atomic E-state index is 0.257. The Balaban J connectivity index is 1.58. The number of para-hydroxylation sites is 1. The standard InChI is InChI=1S/C19H16N4O2S/c20-11-13-10-12-4-3-7-15(12)21-17(13)26-9-8-23-18(24)14-5-1-2-6-16(14)22-19(23)25/h1-2,5-6,10H,3-4,7-9H2,(H,22,25). The van der Waals surface area contributed by atoms with Crippen LogP contribution in [-0.2, 0) is 19.4 Å². The first kappa shape index (κ1) is 16.6. The highest BCUT2D eigenvalue weighted by atomic mass is 32.2. The molecule has 6 nitrogen and oxygen atoms in total. The van der Waals surface area contributed by atoms with Gasteiger partial charge in [-0.3, -0.25) is 9.36 Å². The van der Waals surface area contributed by atoms with Crippen molar-refractivity contribution in [3.8, 4) is 6.07 Å².